The Morgan fingerprint density at radius 2 is 1.97 bits per heavy atom. The van der Waals surface area contributed by atoms with Gasteiger partial charge in [-0.2, -0.15) is 0 Å². The number of carbonyl (C=O) groups is 1. The molecule has 164 valence electrons. The van der Waals surface area contributed by atoms with Crippen molar-refractivity contribution in [3.05, 3.63) is 59.9 Å². The van der Waals surface area contributed by atoms with Gasteiger partial charge in [0.05, 0.1) is 31.2 Å². The number of anilines is 1. The van der Waals surface area contributed by atoms with E-state index in [-0.39, 0.29) is 24.7 Å². The predicted octanol–water partition coefficient (Wildman–Crippen LogP) is 1.32. The minimum atomic E-state index is -1.09. The molecule has 31 heavy (non-hydrogen) atoms. The molecule has 2 aliphatic rings. The first-order valence-electron chi connectivity index (χ1n) is 10.0. The highest BCUT2D eigenvalue weighted by molar-refractivity contribution is 7.80. The van der Waals surface area contributed by atoms with Gasteiger partial charge in [-0.3, -0.25) is 4.79 Å². The van der Waals surface area contributed by atoms with E-state index in [1.54, 1.807) is 24.1 Å². The summed E-state index contributed by atoms with van der Waals surface area (Å²) in [4.78, 5) is 14.9. The molecule has 9 heteroatoms. The van der Waals surface area contributed by atoms with Crippen LogP contribution < -0.4 is 20.3 Å². The fourth-order valence-electron chi connectivity index (χ4n) is 4.41. The second-order valence-electron chi connectivity index (χ2n) is 7.74. The molecule has 0 spiro atoms. The van der Waals surface area contributed by atoms with Gasteiger partial charge in [-0.05, 0) is 49.0 Å². The maximum Gasteiger partial charge on any atom is 0.225 e. The number of hydrogen-bond donors (Lipinski definition) is 4. The van der Waals surface area contributed by atoms with E-state index in [0.717, 1.165) is 5.56 Å². The molecule has 0 radical (unpaired) electrons. The van der Waals surface area contributed by atoms with Gasteiger partial charge in [-0.15, -0.1) is 0 Å². The lowest BCUT2D eigenvalue weighted by atomic mass is 9.77. The summed E-state index contributed by atoms with van der Waals surface area (Å²) in [6, 6.07) is 12.0. The summed E-state index contributed by atoms with van der Waals surface area (Å²) in [7, 11) is 1.57. The third-order valence-electron chi connectivity index (χ3n) is 5.93. The van der Waals surface area contributed by atoms with Crippen molar-refractivity contribution in [2.24, 2.45) is 5.92 Å². The SMILES string of the molecule is COc1ccccc1CNC(=O)[C@@H]1C[C@@H](O)[C@H](O)[C@@H]2NC(=S)N(c3ccc(F)cc3)[C@@H]21. The van der Waals surface area contributed by atoms with E-state index in [9.17, 15) is 19.4 Å². The Balaban J connectivity index is 1.59. The second kappa shape index (κ2) is 8.78. The van der Waals surface area contributed by atoms with Gasteiger partial charge in [0.2, 0.25) is 5.91 Å². The van der Waals surface area contributed by atoms with Gasteiger partial charge in [0, 0.05) is 17.8 Å². The summed E-state index contributed by atoms with van der Waals surface area (Å²) in [5.41, 5.74) is 1.43. The molecule has 1 aliphatic carbocycles. The van der Waals surface area contributed by atoms with Gasteiger partial charge in [0.15, 0.2) is 5.11 Å². The average molecular weight is 446 g/mol. The van der Waals surface area contributed by atoms with E-state index < -0.39 is 30.2 Å². The number of halogens is 1. The first-order chi connectivity index (χ1) is 14.9. The van der Waals surface area contributed by atoms with Crippen LogP contribution in [0.4, 0.5) is 10.1 Å². The lowest BCUT2D eigenvalue weighted by molar-refractivity contribution is -0.131. The Labute approximate surface area is 184 Å². The van der Waals surface area contributed by atoms with Crippen LogP contribution in [0, 0.1) is 11.7 Å². The van der Waals surface area contributed by atoms with Gasteiger partial charge >= 0.3 is 0 Å². The second-order valence-corrected chi connectivity index (χ2v) is 8.13. The number of aliphatic hydroxyl groups is 2. The molecule has 2 aromatic rings. The van der Waals surface area contributed by atoms with Gasteiger partial charge in [-0.25, -0.2) is 4.39 Å². The number of carbonyl (C=O) groups excluding carboxylic acids is 1. The number of ether oxygens (including phenoxy) is 1. The molecule has 1 saturated carbocycles. The molecule has 0 aromatic heterocycles. The number of aliphatic hydroxyl groups excluding tert-OH is 2. The van der Waals surface area contributed by atoms with Crippen LogP contribution in [0.3, 0.4) is 0 Å². The van der Waals surface area contributed by atoms with Gasteiger partial charge in [-0.1, -0.05) is 18.2 Å². The van der Waals surface area contributed by atoms with Crippen LogP contribution in [0.25, 0.3) is 0 Å². The van der Waals surface area contributed by atoms with Crippen molar-refractivity contribution in [1.82, 2.24) is 10.6 Å². The van der Waals surface area contributed by atoms with Gasteiger partial charge in [0.25, 0.3) is 0 Å². The number of fused-ring (bicyclic) bond motifs is 1. The lowest BCUT2D eigenvalue weighted by Crippen LogP contribution is -2.60. The summed E-state index contributed by atoms with van der Waals surface area (Å²) < 4.78 is 18.8. The highest BCUT2D eigenvalue weighted by Gasteiger charge is 2.53. The topological polar surface area (TPSA) is 94.1 Å². The molecular weight excluding hydrogens is 421 g/mol. The molecule has 7 nitrogen and oxygen atoms in total. The molecular formula is C22H24FN3O4S. The number of benzene rings is 2. The van der Waals surface area contributed by atoms with Crippen LogP contribution in [0.2, 0.25) is 0 Å². The summed E-state index contributed by atoms with van der Waals surface area (Å²) in [5, 5.41) is 27.2. The summed E-state index contributed by atoms with van der Waals surface area (Å²) in [6.45, 7) is 0.254. The summed E-state index contributed by atoms with van der Waals surface area (Å²) >= 11 is 5.46. The van der Waals surface area contributed by atoms with Gasteiger partial charge in [0.1, 0.15) is 17.7 Å². The molecule has 1 heterocycles. The molecule has 1 amide bonds. The number of nitrogens with zero attached hydrogens (tertiary/aromatic N) is 1. The average Bonchev–Trinajstić information content (AvgIpc) is 3.12. The van der Waals surface area contributed by atoms with Crippen molar-refractivity contribution in [2.75, 3.05) is 12.0 Å². The maximum atomic E-state index is 13.4. The van der Waals surface area contributed by atoms with Crippen LogP contribution in [0.1, 0.15) is 12.0 Å². The van der Waals surface area contributed by atoms with E-state index in [2.05, 4.69) is 10.6 Å². The number of rotatable bonds is 5. The van der Waals surface area contributed by atoms with E-state index in [1.165, 1.54) is 12.1 Å². The highest BCUT2D eigenvalue weighted by Crippen LogP contribution is 2.36. The molecule has 1 saturated heterocycles. The molecule has 4 N–H and O–H groups in total. The van der Waals surface area contributed by atoms with Crippen molar-refractivity contribution < 1.29 is 24.1 Å². The minimum absolute atomic E-state index is 0.0715. The monoisotopic (exact) mass is 445 g/mol. The van der Waals surface area contributed by atoms with Crippen LogP contribution in [0.15, 0.2) is 48.5 Å². The number of hydrogen-bond acceptors (Lipinski definition) is 5. The van der Waals surface area contributed by atoms with Crippen LogP contribution in [-0.4, -0.2) is 52.6 Å². The quantitative estimate of drug-likeness (QED) is 0.516. The highest BCUT2D eigenvalue weighted by atomic mass is 32.1. The fourth-order valence-corrected chi connectivity index (χ4v) is 4.77. The largest absolute Gasteiger partial charge is 0.496 e. The van der Waals surface area contributed by atoms with Crippen molar-refractivity contribution in [1.29, 1.82) is 0 Å². The van der Waals surface area contributed by atoms with Crippen molar-refractivity contribution in [3.8, 4) is 5.75 Å². The van der Waals surface area contributed by atoms with E-state index in [4.69, 9.17) is 17.0 Å². The molecule has 5 atom stereocenters. The summed E-state index contributed by atoms with van der Waals surface area (Å²) in [6.07, 6.45) is -2.10. The van der Waals surface area contributed by atoms with E-state index in [0.29, 0.717) is 16.5 Å². The van der Waals surface area contributed by atoms with Crippen LogP contribution in [0.5, 0.6) is 5.75 Å². The van der Waals surface area contributed by atoms with Crippen LogP contribution >= 0.6 is 12.2 Å². The molecule has 0 unspecified atom stereocenters. The number of thiocarbonyl (C=S) groups is 1. The number of amides is 1. The summed E-state index contributed by atoms with van der Waals surface area (Å²) in [5.74, 6) is -0.651. The number of methoxy groups -OCH3 is 1. The Kier molecular flexibility index (Phi) is 6.08. The fraction of sp³-hybridized carbons (Fsp3) is 0.364. The number of nitrogens with one attached hydrogen (secondary N) is 2. The van der Waals surface area contributed by atoms with E-state index >= 15 is 0 Å². The normalized spacial score (nSPS) is 27.4. The smallest absolute Gasteiger partial charge is 0.225 e. The zero-order chi connectivity index (χ0) is 22.1. The molecule has 4 rings (SSSR count). The first-order valence-corrected chi connectivity index (χ1v) is 10.4. The standard InChI is InChI=1S/C22H24FN3O4S/c1-30-17-5-3-2-4-12(17)11-24-21(29)15-10-16(27)20(28)18-19(15)26(22(31)25-18)14-8-6-13(23)7-9-14/h2-9,15-16,18-20,27-28H,10-11H2,1H3,(H,24,29)(H,25,31)/t15-,16-,18-,19-,20+/m1/s1. The van der Waals surface area contributed by atoms with Crippen molar-refractivity contribution in [2.45, 2.75) is 37.3 Å². The zero-order valence-electron chi connectivity index (χ0n) is 16.9. The van der Waals surface area contributed by atoms with Crippen LogP contribution in [-0.2, 0) is 11.3 Å². The number of para-hydroxylation sites is 1. The van der Waals surface area contributed by atoms with Gasteiger partial charge < -0.3 is 30.5 Å². The Bertz CT molecular complexity index is 973. The molecule has 2 aromatic carbocycles. The molecule has 2 fully saturated rings. The predicted molar refractivity (Wildman–Crippen MR) is 117 cm³/mol. The molecule has 1 aliphatic heterocycles. The maximum absolute atomic E-state index is 13.4. The first kappa shape index (κ1) is 21.5. The van der Waals surface area contributed by atoms with E-state index in [1.807, 2.05) is 24.3 Å². The third kappa shape index (κ3) is 4.08. The van der Waals surface area contributed by atoms with Crippen molar-refractivity contribution in [3.63, 3.8) is 0 Å². The minimum Gasteiger partial charge on any atom is -0.496 e. The lowest BCUT2D eigenvalue weighted by Gasteiger charge is -2.41. The Hall–Kier alpha value is -2.75. The molecule has 0 bridgehead atoms. The van der Waals surface area contributed by atoms with Crippen molar-refractivity contribution >= 4 is 28.9 Å². The zero-order valence-corrected chi connectivity index (χ0v) is 17.7. The Morgan fingerprint density at radius 3 is 2.68 bits per heavy atom. The third-order valence-corrected chi connectivity index (χ3v) is 6.25. The Morgan fingerprint density at radius 1 is 1.26 bits per heavy atom.